The lowest BCUT2D eigenvalue weighted by Crippen LogP contribution is -2.51. The number of aromatic nitrogens is 3. The number of carbonyl (C=O) groups is 2. The van der Waals surface area contributed by atoms with E-state index in [9.17, 15) is 9.59 Å². The van der Waals surface area contributed by atoms with Crippen LogP contribution in [0.1, 0.15) is 23.0 Å². The van der Waals surface area contributed by atoms with Gasteiger partial charge in [0, 0.05) is 38.1 Å². The molecule has 2 aromatic heterocycles. The lowest BCUT2D eigenvalue weighted by molar-refractivity contribution is -0.140. The van der Waals surface area contributed by atoms with Crippen molar-refractivity contribution >= 4 is 17.6 Å². The third-order valence-corrected chi connectivity index (χ3v) is 5.44. The van der Waals surface area contributed by atoms with E-state index >= 15 is 0 Å². The predicted molar refractivity (Wildman–Crippen MR) is 116 cm³/mol. The Balaban J connectivity index is 1.35. The Morgan fingerprint density at radius 2 is 1.71 bits per heavy atom. The monoisotopic (exact) mass is 419 g/mol. The van der Waals surface area contributed by atoms with Gasteiger partial charge in [0.2, 0.25) is 0 Å². The van der Waals surface area contributed by atoms with E-state index in [1.165, 1.54) is 6.20 Å². The molecule has 1 saturated heterocycles. The molecule has 1 fully saturated rings. The van der Waals surface area contributed by atoms with Crippen molar-refractivity contribution in [1.29, 1.82) is 0 Å². The average Bonchev–Trinajstić information content (AvgIpc) is 3.21. The summed E-state index contributed by atoms with van der Waals surface area (Å²) in [5.74, 6) is -0.140. The second-order valence-electron chi connectivity index (χ2n) is 7.44. The highest BCUT2D eigenvalue weighted by Gasteiger charge is 2.28. The molecule has 1 amide bonds. The Morgan fingerprint density at radius 1 is 1.00 bits per heavy atom. The minimum atomic E-state index is -0.867. The third kappa shape index (κ3) is 4.42. The first-order valence-corrected chi connectivity index (χ1v) is 10.3. The molecule has 1 unspecified atom stereocenters. The molecule has 0 saturated carbocycles. The molecular weight excluding hydrogens is 394 g/mol. The van der Waals surface area contributed by atoms with Gasteiger partial charge in [-0.15, -0.1) is 0 Å². The van der Waals surface area contributed by atoms with Crippen LogP contribution >= 0.6 is 0 Å². The average molecular weight is 419 g/mol. The third-order valence-electron chi connectivity index (χ3n) is 5.44. The van der Waals surface area contributed by atoms with E-state index in [1.54, 1.807) is 35.7 Å². The molecule has 0 aliphatic carbocycles. The van der Waals surface area contributed by atoms with Gasteiger partial charge in [0.15, 0.2) is 11.9 Å². The fourth-order valence-electron chi connectivity index (χ4n) is 3.68. The number of esters is 1. The maximum Gasteiger partial charge on any atom is 0.342 e. The molecule has 0 N–H and O–H groups in total. The standard InChI is InChI=1S/C23H25N5O3/c1-17-20(16-25-28(17)21-10-6-7-11-24-21)23(30)31-18(2)22(29)27-14-12-26(13-15-27)19-8-4-3-5-9-19/h3-11,16,18H,12-15H2,1-2H3. The smallest absolute Gasteiger partial charge is 0.342 e. The summed E-state index contributed by atoms with van der Waals surface area (Å²) in [6.45, 7) is 6.05. The van der Waals surface area contributed by atoms with E-state index in [0.29, 0.717) is 30.2 Å². The molecule has 1 aromatic carbocycles. The van der Waals surface area contributed by atoms with E-state index in [4.69, 9.17) is 4.74 Å². The summed E-state index contributed by atoms with van der Waals surface area (Å²) in [7, 11) is 0. The van der Waals surface area contributed by atoms with Crippen LogP contribution in [0, 0.1) is 6.92 Å². The van der Waals surface area contributed by atoms with Crippen LogP contribution in [0.2, 0.25) is 0 Å². The van der Waals surface area contributed by atoms with Gasteiger partial charge in [-0.25, -0.2) is 14.5 Å². The lowest BCUT2D eigenvalue weighted by Gasteiger charge is -2.37. The molecule has 3 aromatic rings. The highest BCUT2D eigenvalue weighted by Crippen LogP contribution is 2.17. The highest BCUT2D eigenvalue weighted by atomic mass is 16.5. The van der Waals surface area contributed by atoms with Gasteiger partial charge in [0.25, 0.3) is 5.91 Å². The van der Waals surface area contributed by atoms with Crippen molar-refractivity contribution in [3.8, 4) is 5.82 Å². The van der Waals surface area contributed by atoms with Crippen LogP contribution in [-0.2, 0) is 9.53 Å². The largest absolute Gasteiger partial charge is 0.449 e. The number of rotatable bonds is 5. The zero-order valence-corrected chi connectivity index (χ0v) is 17.6. The van der Waals surface area contributed by atoms with E-state index in [1.807, 2.05) is 30.3 Å². The molecule has 4 rings (SSSR count). The number of amides is 1. The van der Waals surface area contributed by atoms with Crippen molar-refractivity contribution in [2.24, 2.45) is 0 Å². The number of ether oxygens (including phenoxy) is 1. The van der Waals surface area contributed by atoms with Crippen LogP contribution < -0.4 is 4.90 Å². The first kappa shape index (κ1) is 20.6. The number of pyridine rings is 1. The molecule has 8 nitrogen and oxygen atoms in total. The lowest BCUT2D eigenvalue weighted by atomic mass is 10.2. The van der Waals surface area contributed by atoms with Gasteiger partial charge >= 0.3 is 5.97 Å². The number of nitrogens with zero attached hydrogens (tertiary/aromatic N) is 5. The fourth-order valence-corrected chi connectivity index (χ4v) is 3.68. The van der Waals surface area contributed by atoms with Crippen molar-refractivity contribution in [2.45, 2.75) is 20.0 Å². The number of hydrogen-bond donors (Lipinski definition) is 0. The zero-order valence-electron chi connectivity index (χ0n) is 17.6. The molecule has 1 aliphatic heterocycles. The Bertz CT molecular complexity index is 1040. The van der Waals surface area contributed by atoms with Gasteiger partial charge in [-0.1, -0.05) is 24.3 Å². The van der Waals surface area contributed by atoms with Gasteiger partial charge in [-0.3, -0.25) is 4.79 Å². The molecule has 3 heterocycles. The number of benzene rings is 1. The topological polar surface area (TPSA) is 80.6 Å². The second-order valence-corrected chi connectivity index (χ2v) is 7.44. The van der Waals surface area contributed by atoms with Crippen molar-refractivity contribution < 1.29 is 14.3 Å². The summed E-state index contributed by atoms with van der Waals surface area (Å²) in [6.07, 6.45) is 2.24. The molecule has 1 aliphatic rings. The molecule has 8 heteroatoms. The molecule has 0 spiro atoms. The first-order chi connectivity index (χ1) is 15.0. The van der Waals surface area contributed by atoms with Crippen LogP contribution in [0.4, 0.5) is 5.69 Å². The maximum atomic E-state index is 12.8. The summed E-state index contributed by atoms with van der Waals surface area (Å²) < 4.78 is 7.05. The van der Waals surface area contributed by atoms with Crippen molar-refractivity contribution in [3.05, 3.63) is 72.2 Å². The predicted octanol–water partition coefficient (Wildman–Crippen LogP) is 2.47. The fraction of sp³-hybridized carbons (Fsp3) is 0.304. The molecule has 1 atom stereocenters. The highest BCUT2D eigenvalue weighted by molar-refractivity contribution is 5.93. The van der Waals surface area contributed by atoms with Crippen LogP contribution in [0.5, 0.6) is 0 Å². The molecule has 0 bridgehead atoms. The zero-order chi connectivity index (χ0) is 21.8. The summed E-state index contributed by atoms with van der Waals surface area (Å²) in [6, 6.07) is 15.6. The van der Waals surface area contributed by atoms with Crippen molar-refractivity contribution in [2.75, 3.05) is 31.1 Å². The molecule has 0 radical (unpaired) electrons. The van der Waals surface area contributed by atoms with Crippen LogP contribution in [0.25, 0.3) is 5.82 Å². The number of carbonyl (C=O) groups excluding carboxylic acids is 2. The van der Waals surface area contributed by atoms with E-state index < -0.39 is 12.1 Å². The Hall–Kier alpha value is -3.68. The van der Waals surface area contributed by atoms with Crippen LogP contribution in [-0.4, -0.2) is 63.8 Å². The summed E-state index contributed by atoms with van der Waals surface area (Å²) in [5.41, 5.74) is 2.08. The number of anilines is 1. The summed E-state index contributed by atoms with van der Waals surface area (Å²) in [4.78, 5) is 33.7. The molecular formula is C23H25N5O3. The van der Waals surface area contributed by atoms with Gasteiger partial charge in [-0.2, -0.15) is 5.10 Å². The van der Waals surface area contributed by atoms with Crippen molar-refractivity contribution in [1.82, 2.24) is 19.7 Å². The Kier molecular flexibility index (Phi) is 5.97. The minimum absolute atomic E-state index is 0.184. The SMILES string of the molecule is Cc1c(C(=O)OC(C)C(=O)N2CCN(c3ccccc3)CC2)cnn1-c1ccccn1. The van der Waals surface area contributed by atoms with Gasteiger partial charge in [0.05, 0.1) is 11.9 Å². The van der Waals surface area contributed by atoms with Gasteiger partial charge in [0.1, 0.15) is 5.56 Å². The summed E-state index contributed by atoms with van der Waals surface area (Å²) >= 11 is 0. The molecule has 31 heavy (non-hydrogen) atoms. The van der Waals surface area contributed by atoms with Gasteiger partial charge in [-0.05, 0) is 38.1 Å². The second kappa shape index (κ2) is 8.99. The van der Waals surface area contributed by atoms with Crippen LogP contribution in [0.15, 0.2) is 60.9 Å². The van der Waals surface area contributed by atoms with E-state index in [-0.39, 0.29) is 5.91 Å². The normalized spacial score (nSPS) is 14.9. The van der Waals surface area contributed by atoms with Crippen molar-refractivity contribution in [3.63, 3.8) is 0 Å². The maximum absolute atomic E-state index is 12.8. The van der Waals surface area contributed by atoms with Gasteiger partial charge < -0.3 is 14.5 Å². The minimum Gasteiger partial charge on any atom is -0.449 e. The summed E-state index contributed by atoms with van der Waals surface area (Å²) in [5, 5.41) is 4.24. The molecule has 160 valence electrons. The quantitative estimate of drug-likeness (QED) is 0.591. The van der Waals surface area contributed by atoms with E-state index in [0.717, 1.165) is 18.8 Å². The van der Waals surface area contributed by atoms with Crippen LogP contribution in [0.3, 0.4) is 0 Å². The number of hydrogen-bond acceptors (Lipinski definition) is 6. The Morgan fingerprint density at radius 3 is 2.39 bits per heavy atom. The Labute approximate surface area is 181 Å². The number of para-hydroxylation sites is 1. The number of piperazine rings is 1. The van der Waals surface area contributed by atoms with E-state index in [2.05, 4.69) is 27.1 Å². The first-order valence-electron chi connectivity index (χ1n) is 10.3.